The summed E-state index contributed by atoms with van der Waals surface area (Å²) in [6.45, 7) is 11.4. The molecular weight excluding hydrogens is 1460 g/mol. The zero-order chi connectivity index (χ0) is 75.4. The van der Waals surface area contributed by atoms with Crippen molar-refractivity contribution in [3.05, 3.63) is 252 Å². The maximum absolute atomic E-state index is 12.7. The van der Waals surface area contributed by atoms with Gasteiger partial charge >= 0.3 is 29.8 Å². The van der Waals surface area contributed by atoms with Gasteiger partial charge in [0.25, 0.3) is 10.1 Å². The topological polar surface area (TPSA) is 212 Å². The van der Waals surface area contributed by atoms with Crippen molar-refractivity contribution in [2.45, 2.75) is 172 Å². The number of fused-ring (bicyclic) bond motifs is 3. The Morgan fingerprint density at radius 3 is 1.06 bits per heavy atom. The highest BCUT2D eigenvalue weighted by Crippen LogP contribution is 2.57. The number of rotatable bonds is 21. The van der Waals surface area contributed by atoms with Gasteiger partial charge < -0.3 is 42.6 Å². The third-order valence-electron chi connectivity index (χ3n) is 22.3. The van der Waals surface area contributed by atoms with Gasteiger partial charge in [-0.2, -0.15) is 8.42 Å². The van der Waals surface area contributed by atoms with E-state index in [9.17, 15) is 32.4 Å². The molecule has 9 aliphatic rings. The smallest absolute Gasteiger partial charge is 0.344 e. The van der Waals surface area contributed by atoms with Crippen LogP contribution in [0.3, 0.4) is 0 Å². The first-order chi connectivity index (χ1) is 52.8. The highest BCUT2D eigenvalue weighted by molar-refractivity contribution is 7.97. The zero-order valence-corrected chi connectivity index (χ0v) is 64.4. The first kappa shape index (κ1) is 73.8. The zero-order valence-electron chi connectivity index (χ0n) is 61.2. The summed E-state index contributed by atoms with van der Waals surface area (Å²) in [5.74, 6) is 0.462. The maximum atomic E-state index is 12.7. The number of hydrogen-bond acceptors (Lipinski definition) is 17. The molecular formula is C88H85O17S4+3. The lowest BCUT2D eigenvalue weighted by Crippen LogP contribution is -2.40. The lowest BCUT2D eigenvalue weighted by atomic mass is 9.88. The standard InChI is InChI=1S/C30H29O5S.C29H29O6S2.C29H27O6S/c1-18-13-23(36(21-9-5-3-6-10-21)22-11-7-4-8-12-22)14-19(2)27(18)33-17-26(31)34-28-20-15-24-25(16-20)30(32)35-29(24)28;1-18-13-23(36(21-9-5-3-6-10-21)22-11-7-4-8-12-22)14-19(2)27(18)33-17-26(30)34-28-20-15-24-25(16-20)37(31,32)35-29(24)28;1-17-13-21(36(19-9-5-3-6-10-19)20-11-7-4-8-12-20)14-18(2)25(17)32-16-24(30)34-27-23-15-22-26(33-23)28(27)35-29(22)31/h3-14,20,24-25,28-29H,15-17H2,1-2H3;3-14,20,24-25,28-29H,15-17H2,1-2H3;3-14,22-23,26-28H,15-16H2,1-2H3/q3*+1. The van der Waals surface area contributed by atoms with Crippen molar-refractivity contribution >= 4 is 72.6 Å². The summed E-state index contributed by atoms with van der Waals surface area (Å²) >= 11 is 0. The van der Waals surface area contributed by atoms with E-state index in [2.05, 4.69) is 182 Å². The molecule has 560 valence electrons. The van der Waals surface area contributed by atoms with E-state index in [0.717, 1.165) is 52.6 Å². The van der Waals surface area contributed by atoms with E-state index in [4.69, 9.17) is 46.8 Å². The van der Waals surface area contributed by atoms with Crippen LogP contribution in [-0.4, -0.2) is 112 Å². The summed E-state index contributed by atoms with van der Waals surface area (Å²) in [7, 11) is -4.34. The van der Waals surface area contributed by atoms with Crippen molar-refractivity contribution in [2.24, 2.45) is 35.5 Å². The minimum absolute atomic E-state index is 0.00586. The summed E-state index contributed by atoms with van der Waals surface area (Å²) in [5.41, 5.74) is 5.76. The fourth-order valence-corrected chi connectivity index (χ4v) is 26.4. The molecule has 4 aliphatic carbocycles. The Kier molecular flexibility index (Phi) is 21.1. The molecule has 5 heterocycles. The van der Waals surface area contributed by atoms with Gasteiger partial charge in [-0.1, -0.05) is 109 Å². The number of hydrogen-bond donors (Lipinski definition) is 0. The minimum atomic E-state index is -3.54. The highest BCUT2D eigenvalue weighted by Gasteiger charge is 2.67. The average Bonchev–Trinajstić information content (AvgIpc) is 1.53. The van der Waals surface area contributed by atoms with E-state index in [1.165, 1.54) is 44.1 Å². The van der Waals surface area contributed by atoms with Gasteiger partial charge in [0.05, 0.1) is 55.9 Å². The van der Waals surface area contributed by atoms with E-state index in [1.807, 2.05) is 77.9 Å². The molecule has 15 atom stereocenters. The van der Waals surface area contributed by atoms with Crippen LogP contribution < -0.4 is 14.2 Å². The lowest BCUT2D eigenvalue weighted by Gasteiger charge is -2.25. The molecule has 5 saturated heterocycles. The van der Waals surface area contributed by atoms with Crippen molar-refractivity contribution in [3.8, 4) is 17.2 Å². The minimum Gasteiger partial charge on any atom is -0.481 e. The van der Waals surface area contributed by atoms with Crippen molar-refractivity contribution in [1.29, 1.82) is 0 Å². The van der Waals surface area contributed by atoms with Crippen molar-refractivity contribution in [1.82, 2.24) is 0 Å². The second-order valence-electron chi connectivity index (χ2n) is 29.5. The molecule has 9 aromatic rings. The van der Waals surface area contributed by atoms with Crippen LogP contribution in [-0.2, 0) is 99.4 Å². The van der Waals surface area contributed by atoms with Gasteiger partial charge in [-0.25, -0.2) is 14.4 Å². The van der Waals surface area contributed by atoms with E-state index < -0.39 is 57.7 Å². The largest absolute Gasteiger partial charge is 0.481 e. The van der Waals surface area contributed by atoms with E-state index in [1.54, 1.807) is 0 Å². The Balaban J connectivity index is 0.000000124. The number of carbonyl (C=O) groups is 5. The molecule has 5 aliphatic heterocycles. The van der Waals surface area contributed by atoms with Crippen LogP contribution in [0.25, 0.3) is 0 Å². The van der Waals surface area contributed by atoms with Crippen molar-refractivity contribution in [3.63, 3.8) is 0 Å². The molecule has 109 heavy (non-hydrogen) atoms. The second kappa shape index (κ2) is 31.2. The Labute approximate surface area is 643 Å². The predicted octanol–water partition coefficient (Wildman–Crippen LogP) is 14.5. The van der Waals surface area contributed by atoms with Crippen LogP contribution in [0, 0.1) is 77.0 Å². The number of ether oxygens (including phenoxy) is 9. The molecule has 9 fully saturated rings. The molecule has 9 aromatic carbocycles. The summed E-state index contributed by atoms with van der Waals surface area (Å²) in [6.07, 6.45) is 0.157. The lowest BCUT2D eigenvalue weighted by molar-refractivity contribution is -0.163. The molecule has 21 heteroatoms. The van der Waals surface area contributed by atoms with Crippen molar-refractivity contribution in [2.75, 3.05) is 19.8 Å². The van der Waals surface area contributed by atoms with Gasteiger partial charge in [-0.3, -0.25) is 13.8 Å². The monoisotopic (exact) mass is 1540 g/mol. The Bertz CT molecular complexity index is 4610. The number of aryl methyl sites for hydroxylation is 6. The molecule has 0 aromatic heterocycles. The van der Waals surface area contributed by atoms with Gasteiger partial charge in [0.2, 0.25) is 0 Å². The summed E-state index contributed by atoms with van der Waals surface area (Å²) < 4.78 is 81.3. The molecule has 15 unspecified atom stereocenters. The van der Waals surface area contributed by atoms with Crippen LogP contribution in [0.4, 0.5) is 0 Å². The van der Waals surface area contributed by atoms with E-state index in [-0.39, 0.29) is 124 Å². The number of esters is 5. The SMILES string of the molecule is Cc1cc([S+](c2ccccc2)c2ccccc2)cc(C)c1OCC(=O)OC1C2CC3C(=O)OC1C3C2.Cc1cc([S+](c2ccccc2)c2ccccc2)cc(C)c1OCC(=O)OC1C2CC3C(=O)OC1C3O2.Cc1cc([S+](c2ccccc2)c2ccccc2)cc(C)c1OCC(=O)OC1C2CC3C1OS(=O)(=O)C3C2. The van der Waals surface area contributed by atoms with E-state index in [0.29, 0.717) is 30.1 Å². The Morgan fingerprint density at radius 2 is 0.688 bits per heavy atom. The summed E-state index contributed by atoms with van der Waals surface area (Å²) in [5, 5.41) is -0.436. The molecule has 0 radical (unpaired) electrons. The van der Waals surface area contributed by atoms with Crippen LogP contribution in [0.1, 0.15) is 65.5 Å². The third-order valence-corrected chi connectivity index (χ3v) is 30.7. The van der Waals surface area contributed by atoms with E-state index >= 15 is 0 Å². The first-order valence-electron chi connectivity index (χ1n) is 37.1. The van der Waals surface area contributed by atoms with Gasteiger partial charge in [-0.15, -0.1) is 0 Å². The highest BCUT2D eigenvalue weighted by atomic mass is 32.2. The van der Waals surface area contributed by atoms with Crippen LogP contribution in [0.5, 0.6) is 17.2 Å². The summed E-state index contributed by atoms with van der Waals surface area (Å²) in [4.78, 5) is 72.9. The molecule has 0 N–H and O–H groups in total. The van der Waals surface area contributed by atoms with Gasteiger partial charge in [-0.05, 0) is 180 Å². The third kappa shape index (κ3) is 14.9. The maximum Gasteiger partial charge on any atom is 0.344 e. The Hall–Kier alpha value is -9.35. The van der Waals surface area contributed by atoms with Crippen LogP contribution in [0.15, 0.2) is 262 Å². The van der Waals surface area contributed by atoms with Crippen LogP contribution in [0.2, 0.25) is 0 Å². The van der Waals surface area contributed by atoms with Crippen molar-refractivity contribution < 1.29 is 79.2 Å². The molecule has 0 amide bonds. The van der Waals surface area contributed by atoms with Gasteiger partial charge in [0.15, 0.2) is 76.1 Å². The first-order valence-corrected chi connectivity index (χ1v) is 42.3. The fraction of sp³-hybridized carbons (Fsp3) is 0.330. The molecule has 6 bridgehead atoms. The number of carbonyl (C=O) groups excluding carboxylic acids is 5. The average molecular weight is 1540 g/mol. The molecule has 0 spiro atoms. The molecule has 4 saturated carbocycles. The molecule has 18 rings (SSSR count). The van der Waals surface area contributed by atoms with Gasteiger partial charge in [0.1, 0.15) is 47.8 Å². The van der Waals surface area contributed by atoms with Gasteiger partial charge in [0, 0.05) is 60.1 Å². The normalized spacial score (nSPS) is 26.2. The predicted molar refractivity (Wildman–Crippen MR) is 409 cm³/mol. The quantitative estimate of drug-likeness (QED) is 0.0283. The fourth-order valence-electron chi connectivity index (χ4n) is 17.8. The van der Waals surface area contributed by atoms with Crippen LogP contribution >= 0.6 is 0 Å². The number of benzene rings is 9. The molecule has 17 nitrogen and oxygen atoms in total. The Morgan fingerprint density at radius 1 is 0.367 bits per heavy atom. The summed E-state index contributed by atoms with van der Waals surface area (Å²) in [6, 6.07) is 75.7. The second-order valence-corrected chi connectivity index (χ2v) is 37.3.